The molecule has 0 aromatic carbocycles. The van der Waals surface area contributed by atoms with Gasteiger partial charge in [-0.15, -0.1) is 0 Å². The molecule has 0 aliphatic rings. The summed E-state index contributed by atoms with van der Waals surface area (Å²) in [6.45, 7) is 0. The van der Waals surface area contributed by atoms with Crippen molar-refractivity contribution in [3.63, 3.8) is 0 Å². The fourth-order valence-corrected chi connectivity index (χ4v) is 2.09. The zero-order valence-electron chi connectivity index (χ0n) is 7.74. The van der Waals surface area contributed by atoms with E-state index in [-0.39, 0.29) is 4.90 Å². The minimum atomic E-state index is -3.51. The second-order valence-corrected chi connectivity index (χ2v) is 4.53. The van der Waals surface area contributed by atoms with Gasteiger partial charge < -0.3 is 0 Å². The fraction of sp³-hybridized carbons (Fsp3) is 0. The molecule has 1 N–H and O–H groups in total. The van der Waals surface area contributed by atoms with E-state index in [1.165, 1.54) is 29.2 Å². The highest BCUT2D eigenvalue weighted by Gasteiger charge is 2.12. The average Bonchev–Trinajstić information content (AvgIpc) is 2.71. The summed E-state index contributed by atoms with van der Waals surface area (Å²) in [6, 6.07) is 6.34. The Morgan fingerprint density at radius 3 is 2.33 bits per heavy atom. The third-order valence-corrected chi connectivity index (χ3v) is 3.13. The molecule has 2 heterocycles. The summed E-state index contributed by atoms with van der Waals surface area (Å²) < 4.78 is 24.9. The molecule has 0 spiro atoms. The molecule has 6 heteroatoms. The summed E-state index contributed by atoms with van der Waals surface area (Å²) in [7, 11) is -3.51. The lowest BCUT2D eigenvalue weighted by molar-refractivity contribution is 0.595. The van der Waals surface area contributed by atoms with E-state index in [0.29, 0.717) is 0 Å². The molecule has 0 saturated heterocycles. The predicted molar refractivity (Wildman–Crippen MR) is 55.2 cm³/mol. The first-order valence-corrected chi connectivity index (χ1v) is 5.73. The fourth-order valence-electron chi connectivity index (χ4n) is 1.10. The lowest BCUT2D eigenvalue weighted by Crippen LogP contribution is -2.21. The Hall–Kier alpha value is -1.82. The van der Waals surface area contributed by atoms with Crippen molar-refractivity contribution in [3.05, 3.63) is 49.1 Å². The first-order chi connectivity index (χ1) is 7.18. The van der Waals surface area contributed by atoms with Crippen LogP contribution in [0, 0.1) is 0 Å². The number of rotatable bonds is 3. The SMILES string of the molecule is O=S(=O)(Nn1cccc1)c1ccncc1. The van der Waals surface area contributed by atoms with Crippen LogP contribution in [0.3, 0.4) is 0 Å². The van der Waals surface area contributed by atoms with E-state index in [2.05, 4.69) is 9.82 Å². The zero-order chi connectivity index (χ0) is 10.7. The number of nitrogens with one attached hydrogen (secondary N) is 1. The van der Waals surface area contributed by atoms with Crippen molar-refractivity contribution in [1.82, 2.24) is 9.66 Å². The van der Waals surface area contributed by atoms with Gasteiger partial charge in [-0.2, -0.15) is 8.42 Å². The first-order valence-electron chi connectivity index (χ1n) is 4.24. The maximum Gasteiger partial charge on any atom is 0.275 e. The van der Waals surface area contributed by atoms with E-state index >= 15 is 0 Å². The van der Waals surface area contributed by atoms with Gasteiger partial charge in [0.1, 0.15) is 0 Å². The Kier molecular flexibility index (Phi) is 2.42. The molecule has 0 radical (unpaired) electrons. The van der Waals surface area contributed by atoms with Gasteiger partial charge in [-0.1, -0.05) is 0 Å². The van der Waals surface area contributed by atoms with Gasteiger partial charge in [-0.05, 0) is 24.3 Å². The smallest absolute Gasteiger partial charge is 0.265 e. The van der Waals surface area contributed by atoms with Crippen LogP contribution in [-0.4, -0.2) is 18.1 Å². The molecule has 0 atom stereocenters. The Labute approximate surface area is 87.4 Å². The van der Waals surface area contributed by atoms with E-state index in [4.69, 9.17) is 0 Å². The van der Waals surface area contributed by atoms with Crippen molar-refractivity contribution in [2.24, 2.45) is 0 Å². The quantitative estimate of drug-likeness (QED) is 0.837. The molecule has 2 rings (SSSR count). The predicted octanol–water partition coefficient (Wildman–Crippen LogP) is 0.815. The summed E-state index contributed by atoms with van der Waals surface area (Å²) >= 11 is 0. The van der Waals surface area contributed by atoms with Crippen LogP contribution in [0.4, 0.5) is 0 Å². The lowest BCUT2D eigenvalue weighted by atomic mass is 10.5. The molecular weight excluding hydrogens is 214 g/mol. The molecule has 5 nitrogen and oxygen atoms in total. The highest BCUT2D eigenvalue weighted by molar-refractivity contribution is 7.92. The van der Waals surface area contributed by atoms with Crippen LogP contribution in [0.15, 0.2) is 53.9 Å². The first kappa shape index (κ1) is 9.72. The van der Waals surface area contributed by atoms with Gasteiger partial charge in [0.05, 0.1) is 4.90 Å². The van der Waals surface area contributed by atoms with E-state index < -0.39 is 10.0 Å². The van der Waals surface area contributed by atoms with Crippen molar-refractivity contribution in [1.29, 1.82) is 0 Å². The van der Waals surface area contributed by atoms with E-state index in [1.807, 2.05) is 0 Å². The van der Waals surface area contributed by atoms with Crippen molar-refractivity contribution in [3.8, 4) is 0 Å². The van der Waals surface area contributed by atoms with Gasteiger partial charge in [-0.3, -0.25) is 9.66 Å². The van der Waals surface area contributed by atoms with Gasteiger partial charge in [0, 0.05) is 24.8 Å². The van der Waals surface area contributed by atoms with Crippen molar-refractivity contribution in [2.45, 2.75) is 4.90 Å². The van der Waals surface area contributed by atoms with Crippen LogP contribution in [0.5, 0.6) is 0 Å². The Bertz CT molecular complexity index is 520. The maximum atomic E-state index is 11.7. The summed E-state index contributed by atoms with van der Waals surface area (Å²) in [5.74, 6) is 0. The monoisotopic (exact) mass is 223 g/mol. The molecule has 78 valence electrons. The molecule has 0 amide bonds. The van der Waals surface area contributed by atoms with E-state index in [9.17, 15) is 8.42 Å². The summed E-state index contributed by atoms with van der Waals surface area (Å²) in [6.07, 6.45) is 6.09. The van der Waals surface area contributed by atoms with Crippen LogP contribution in [0.1, 0.15) is 0 Å². The second kappa shape index (κ2) is 3.74. The van der Waals surface area contributed by atoms with Gasteiger partial charge in [-0.25, -0.2) is 4.83 Å². The molecule has 2 aromatic rings. The molecule has 2 aromatic heterocycles. The van der Waals surface area contributed by atoms with Gasteiger partial charge in [0.25, 0.3) is 10.0 Å². The number of hydrogen-bond acceptors (Lipinski definition) is 3. The highest BCUT2D eigenvalue weighted by Crippen LogP contribution is 2.06. The van der Waals surface area contributed by atoms with Crippen molar-refractivity contribution < 1.29 is 8.42 Å². The zero-order valence-corrected chi connectivity index (χ0v) is 8.55. The molecule has 0 aliphatic carbocycles. The van der Waals surface area contributed by atoms with Crippen LogP contribution < -0.4 is 4.83 Å². The third kappa shape index (κ3) is 2.16. The number of nitrogens with zero attached hydrogens (tertiary/aromatic N) is 2. The minimum absolute atomic E-state index is 0.186. The Morgan fingerprint density at radius 2 is 1.73 bits per heavy atom. The molecule has 0 fully saturated rings. The van der Waals surface area contributed by atoms with Gasteiger partial charge in [0.15, 0.2) is 0 Å². The molecule has 15 heavy (non-hydrogen) atoms. The van der Waals surface area contributed by atoms with Gasteiger partial charge >= 0.3 is 0 Å². The third-order valence-electron chi connectivity index (χ3n) is 1.79. The lowest BCUT2D eigenvalue weighted by Gasteiger charge is -2.07. The summed E-state index contributed by atoms with van der Waals surface area (Å²) in [5, 5.41) is 0. The van der Waals surface area contributed by atoms with Crippen LogP contribution in [0.2, 0.25) is 0 Å². The Balaban J connectivity index is 2.29. The standard InChI is InChI=1S/C9H9N3O2S/c13-15(14,9-3-5-10-6-4-9)11-12-7-1-2-8-12/h1-8,11H. The topological polar surface area (TPSA) is 64.0 Å². The van der Waals surface area contributed by atoms with Crippen molar-refractivity contribution in [2.75, 3.05) is 4.83 Å². The number of aromatic nitrogens is 2. The van der Waals surface area contributed by atoms with Crippen LogP contribution in [0.25, 0.3) is 0 Å². The Morgan fingerprint density at radius 1 is 1.13 bits per heavy atom. The van der Waals surface area contributed by atoms with Crippen molar-refractivity contribution >= 4 is 10.0 Å². The molecule has 0 aliphatic heterocycles. The van der Waals surface area contributed by atoms with E-state index in [1.54, 1.807) is 24.5 Å². The summed E-state index contributed by atoms with van der Waals surface area (Å²) in [4.78, 5) is 6.32. The number of pyridine rings is 1. The molecular formula is C9H9N3O2S. The summed E-state index contributed by atoms with van der Waals surface area (Å²) in [5.41, 5.74) is 0. The average molecular weight is 223 g/mol. The van der Waals surface area contributed by atoms with E-state index in [0.717, 1.165) is 0 Å². The van der Waals surface area contributed by atoms with Crippen LogP contribution in [-0.2, 0) is 10.0 Å². The van der Waals surface area contributed by atoms with Gasteiger partial charge in [0.2, 0.25) is 0 Å². The highest BCUT2D eigenvalue weighted by atomic mass is 32.2. The van der Waals surface area contributed by atoms with Crippen LogP contribution >= 0.6 is 0 Å². The molecule has 0 unspecified atom stereocenters. The molecule has 0 bridgehead atoms. The maximum absolute atomic E-state index is 11.7. The normalized spacial score (nSPS) is 11.2. The number of hydrogen-bond donors (Lipinski definition) is 1. The number of sulfonamides is 1. The second-order valence-electron chi connectivity index (χ2n) is 2.87. The largest absolute Gasteiger partial charge is 0.275 e. The molecule has 0 saturated carbocycles. The minimum Gasteiger partial charge on any atom is -0.265 e.